The van der Waals surface area contributed by atoms with E-state index in [1.165, 1.54) is 4.40 Å². The maximum absolute atomic E-state index is 12.1. The molecule has 20 heavy (non-hydrogen) atoms. The molecular formula is C14H12N4O2. The molecule has 0 aliphatic heterocycles. The maximum Gasteiger partial charge on any atom is 0.349 e. The van der Waals surface area contributed by atoms with Crippen molar-refractivity contribution in [3.05, 3.63) is 64.0 Å². The number of nitrogens with zero attached hydrogens (tertiary/aromatic N) is 3. The van der Waals surface area contributed by atoms with E-state index in [0.29, 0.717) is 22.7 Å². The summed E-state index contributed by atoms with van der Waals surface area (Å²) in [4.78, 5) is 27.9. The summed E-state index contributed by atoms with van der Waals surface area (Å²) in [5.74, 6) is 0.497. The van der Waals surface area contributed by atoms with Crippen LogP contribution in [0.2, 0.25) is 0 Å². The quantitative estimate of drug-likeness (QED) is 0.723. The molecule has 3 aromatic rings. The summed E-state index contributed by atoms with van der Waals surface area (Å²) in [6, 6.07) is 10.7. The summed E-state index contributed by atoms with van der Waals surface area (Å²) in [5.41, 5.74) is 1.39. The van der Waals surface area contributed by atoms with Gasteiger partial charge in [0.05, 0.1) is 12.1 Å². The van der Waals surface area contributed by atoms with E-state index >= 15 is 0 Å². The van der Waals surface area contributed by atoms with Crippen LogP contribution in [0.3, 0.4) is 0 Å². The third-order valence-corrected chi connectivity index (χ3v) is 3.06. The van der Waals surface area contributed by atoms with E-state index in [1.807, 2.05) is 18.2 Å². The zero-order valence-electron chi connectivity index (χ0n) is 10.8. The Bertz CT molecular complexity index is 833. The summed E-state index contributed by atoms with van der Waals surface area (Å²) >= 11 is 0. The summed E-state index contributed by atoms with van der Waals surface area (Å²) in [6.07, 6.45) is 0.183. The highest BCUT2D eigenvalue weighted by molar-refractivity contribution is 5.97. The molecule has 0 saturated heterocycles. The molecule has 6 heteroatoms. The van der Waals surface area contributed by atoms with Gasteiger partial charge in [-0.2, -0.15) is 5.10 Å². The monoisotopic (exact) mass is 268 g/mol. The van der Waals surface area contributed by atoms with Gasteiger partial charge in [-0.15, -0.1) is 0 Å². The Morgan fingerprint density at radius 3 is 2.80 bits per heavy atom. The van der Waals surface area contributed by atoms with Gasteiger partial charge < -0.3 is 0 Å². The molecule has 3 rings (SSSR count). The number of aromatic amines is 1. The van der Waals surface area contributed by atoms with Gasteiger partial charge in [0.15, 0.2) is 11.4 Å². The molecule has 2 heterocycles. The predicted octanol–water partition coefficient (Wildman–Crippen LogP) is 1.15. The molecule has 0 bridgehead atoms. The van der Waals surface area contributed by atoms with Gasteiger partial charge in [-0.25, -0.2) is 19.3 Å². The minimum Gasteiger partial charge on any atom is -0.294 e. The summed E-state index contributed by atoms with van der Waals surface area (Å²) in [7, 11) is 0. The van der Waals surface area contributed by atoms with Crippen molar-refractivity contribution < 1.29 is 4.79 Å². The number of aryl methyl sites for hydroxylation is 1. The first-order valence-corrected chi connectivity index (χ1v) is 6.17. The third-order valence-electron chi connectivity index (χ3n) is 3.06. The van der Waals surface area contributed by atoms with Crippen molar-refractivity contribution in [2.24, 2.45) is 0 Å². The topological polar surface area (TPSA) is 80.1 Å². The lowest BCUT2D eigenvalue weighted by Crippen LogP contribution is -2.14. The Hall–Kier alpha value is -2.76. The fourth-order valence-electron chi connectivity index (χ4n) is 2.14. The van der Waals surface area contributed by atoms with E-state index < -0.39 is 0 Å². The number of nitrogens with one attached hydrogen (secondary N) is 1. The van der Waals surface area contributed by atoms with Gasteiger partial charge in [0.25, 0.3) is 0 Å². The highest BCUT2D eigenvalue weighted by Gasteiger charge is 2.11. The van der Waals surface area contributed by atoms with Crippen molar-refractivity contribution in [1.82, 2.24) is 19.6 Å². The number of benzene rings is 1. The number of hydrogen-bond acceptors (Lipinski definition) is 4. The molecule has 0 spiro atoms. The molecule has 0 radical (unpaired) electrons. The Morgan fingerprint density at radius 2 is 2.05 bits per heavy atom. The van der Waals surface area contributed by atoms with Crippen molar-refractivity contribution in [1.29, 1.82) is 0 Å². The van der Waals surface area contributed by atoms with Crippen molar-refractivity contribution in [2.75, 3.05) is 0 Å². The molecule has 0 unspecified atom stereocenters. The van der Waals surface area contributed by atoms with Gasteiger partial charge in [-0.1, -0.05) is 30.3 Å². The van der Waals surface area contributed by atoms with Crippen LogP contribution in [0.15, 0.2) is 41.2 Å². The standard InChI is InChI=1S/C14H12N4O2/c1-9-15-11(8-13-16-17-14(20)18(9)13)7-12(19)10-5-3-2-4-6-10/h2-6,8H,7H2,1H3,(H,17,20). The Morgan fingerprint density at radius 1 is 1.30 bits per heavy atom. The van der Waals surface area contributed by atoms with Crippen LogP contribution in [0.25, 0.3) is 5.65 Å². The van der Waals surface area contributed by atoms with Gasteiger partial charge in [0, 0.05) is 11.6 Å². The van der Waals surface area contributed by atoms with Crippen molar-refractivity contribution in [3.8, 4) is 0 Å². The number of ketones is 1. The average Bonchev–Trinajstić information content (AvgIpc) is 2.81. The molecule has 1 N–H and O–H groups in total. The molecular weight excluding hydrogens is 256 g/mol. The van der Waals surface area contributed by atoms with Crippen LogP contribution in [0.5, 0.6) is 0 Å². The van der Waals surface area contributed by atoms with Crippen molar-refractivity contribution >= 4 is 11.4 Å². The average molecular weight is 268 g/mol. The van der Waals surface area contributed by atoms with Gasteiger partial charge in [0.1, 0.15) is 5.82 Å². The number of hydrogen-bond donors (Lipinski definition) is 1. The first-order chi connectivity index (χ1) is 9.65. The lowest BCUT2D eigenvalue weighted by Gasteiger charge is -2.03. The van der Waals surface area contributed by atoms with E-state index in [9.17, 15) is 9.59 Å². The molecule has 1 aromatic carbocycles. The molecule has 6 nitrogen and oxygen atoms in total. The molecule has 0 aliphatic carbocycles. The number of Topliss-reactive ketones (excluding diaryl/α,β-unsaturated/α-hetero) is 1. The first-order valence-electron chi connectivity index (χ1n) is 6.17. The molecule has 0 amide bonds. The number of carbonyl (C=O) groups is 1. The molecule has 0 aliphatic rings. The van der Waals surface area contributed by atoms with E-state index in [2.05, 4.69) is 15.2 Å². The second-order valence-corrected chi connectivity index (χ2v) is 4.48. The lowest BCUT2D eigenvalue weighted by atomic mass is 10.1. The zero-order chi connectivity index (χ0) is 14.1. The van der Waals surface area contributed by atoms with Gasteiger partial charge in [-0.3, -0.25) is 4.79 Å². The maximum atomic E-state index is 12.1. The smallest absolute Gasteiger partial charge is 0.294 e. The number of fused-ring (bicyclic) bond motifs is 1. The lowest BCUT2D eigenvalue weighted by molar-refractivity contribution is 0.0992. The number of H-pyrrole nitrogens is 1. The predicted molar refractivity (Wildman–Crippen MR) is 72.8 cm³/mol. The Balaban J connectivity index is 1.96. The second-order valence-electron chi connectivity index (χ2n) is 4.48. The Labute approximate surface area is 114 Å². The fraction of sp³-hybridized carbons (Fsp3) is 0.143. The normalized spacial score (nSPS) is 10.8. The van der Waals surface area contributed by atoms with E-state index in [1.54, 1.807) is 25.1 Å². The van der Waals surface area contributed by atoms with Gasteiger partial charge in [0.2, 0.25) is 0 Å². The van der Waals surface area contributed by atoms with Crippen LogP contribution in [-0.2, 0) is 6.42 Å². The van der Waals surface area contributed by atoms with Crippen molar-refractivity contribution in [3.63, 3.8) is 0 Å². The van der Waals surface area contributed by atoms with Crippen LogP contribution in [-0.4, -0.2) is 25.4 Å². The highest BCUT2D eigenvalue weighted by Crippen LogP contribution is 2.08. The first kappa shape index (κ1) is 12.3. The van der Waals surface area contributed by atoms with Crippen LogP contribution < -0.4 is 5.69 Å². The summed E-state index contributed by atoms with van der Waals surface area (Å²) in [6.45, 7) is 1.71. The molecule has 0 atom stereocenters. The molecule has 0 fully saturated rings. The minimum absolute atomic E-state index is 0.0141. The highest BCUT2D eigenvalue weighted by atomic mass is 16.1. The minimum atomic E-state index is -0.328. The fourth-order valence-corrected chi connectivity index (χ4v) is 2.14. The van der Waals surface area contributed by atoms with Gasteiger partial charge in [-0.05, 0) is 6.92 Å². The number of aromatic nitrogens is 4. The van der Waals surface area contributed by atoms with E-state index in [4.69, 9.17) is 0 Å². The van der Waals surface area contributed by atoms with Crippen LogP contribution >= 0.6 is 0 Å². The molecule has 2 aromatic heterocycles. The van der Waals surface area contributed by atoms with Crippen LogP contribution in [0.1, 0.15) is 21.9 Å². The third kappa shape index (κ3) is 2.11. The second kappa shape index (κ2) is 4.73. The largest absolute Gasteiger partial charge is 0.349 e. The SMILES string of the molecule is Cc1nc(CC(=O)c2ccccc2)cc2n[nH]c(=O)n12. The van der Waals surface area contributed by atoms with Crippen LogP contribution in [0, 0.1) is 6.92 Å². The van der Waals surface area contributed by atoms with Crippen LogP contribution in [0.4, 0.5) is 0 Å². The molecule has 100 valence electrons. The summed E-state index contributed by atoms with van der Waals surface area (Å²) in [5, 5.41) is 6.26. The number of carbonyl (C=O) groups excluding carboxylic acids is 1. The van der Waals surface area contributed by atoms with Crippen molar-refractivity contribution in [2.45, 2.75) is 13.3 Å². The summed E-state index contributed by atoms with van der Waals surface area (Å²) < 4.78 is 1.37. The van der Waals surface area contributed by atoms with E-state index in [0.717, 1.165) is 0 Å². The zero-order valence-corrected chi connectivity index (χ0v) is 10.8. The Kier molecular flexibility index (Phi) is 2.90. The van der Waals surface area contributed by atoms with Gasteiger partial charge >= 0.3 is 5.69 Å². The van der Waals surface area contributed by atoms with E-state index in [-0.39, 0.29) is 17.9 Å². The number of rotatable bonds is 3. The molecule has 0 saturated carbocycles.